The molecule has 0 aliphatic carbocycles. The van der Waals surface area contributed by atoms with Gasteiger partial charge >= 0.3 is 5.97 Å². The second-order valence-corrected chi connectivity index (χ2v) is 23.9. The van der Waals surface area contributed by atoms with Gasteiger partial charge in [0.05, 0.1) is 33.8 Å². The highest BCUT2D eigenvalue weighted by Crippen LogP contribution is 2.38. The first-order valence-corrected chi connectivity index (χ1v) is 33.5. The molecule has 0 aromatic rings. The van der Waals surface area contributed by atoms with E-state index in [9.17, 15) is 19.0 Å². The molecular weight excluding hydrogens is 988 g/mol. The van der Waals surface area contributed by atoms with Crippen molar-refractivity contribution in [3.63, 3.8) is 0 Å². The van der Waals surface area contributed by atoms with Gasteiger partial charge in [-0.05, 0) is 102 Å². The maximum Gasteiger partial charge on any atom is 0.306 e. The molecule has 0 fully saturated rings. The first kappa shape index (κ1) is 74.9. The van der Waals surface area contributed by atoms with Crippen LogP contribution >= 0.6 is 7.82 Å². The summed E-state index contributed by atoms with van der Waals surface area (Å²) < 4.78 is 30.3. The molecule has 78 heavy (non-hydrogen) atoms. The van der Waals surface area contributed by atoms with Crippen molar-refractivity contribution < 1.29 is 37.3 Å². The topological polar surface area (TPSA) is 114 Å². The molecule has 1 amide bonds. The SMILES string of the molecule is CC/C=C\C/C=C\C/C=C\C/C=C\C/C=C\CCCCCCCCCCCCCC(=O)NC(COP(=O)([O-])OCC[N+](C)(C)C)C(/C=C\CCCCCCCCCCC)OC(=O)CCCCCCCCC/C=C/C/C=C/CC. The van der Waals surface area contributed by atoms with Crippen LogP contribution in [0, 0.1) is 0 Å². The molecule has 0 saturated heterocycles. The summed E-state index contributed by atoms with van der Waals surface area (Å²) in [5, 5.41) is 3.03. The molecule has 0 aliphatic heterocycles. The number of likely N-dealkylation sites (N-methyl/N-ethyl adjacent to an activating group) is 1. The third-order valence-electron chi connectivity index (χ3n) is 13.8. The molecule has 1 N–H and O–H groups in total. The lowest BCUT2D eigenvalue weighted by Crippen LogP contribution is -2.47. The Hall–Kier alpha value is -3.07. The number of nitrogens with one attached hydrogen (secondary N) is 1. The zero-order chi connectivity index (χ0) is 57.2. The van der Waals surface area contributed by atoms with Gasteiger partial charge in [-0.2, -0.15) is 0 Å². The summed E-state index contributed by atoms with van der Waals surface area (Å²) in [7, 11) is 1.17. The number of ether oxygens (including phenoxy) is 1. The van der Waals surface area contributed by atoms with Crippen LogP contribution in [0.15, 0.2) is 97.2 Å². The van der Waals surface area contributed by atoms with Gasteiger partial charge in [0.2, 0.25) is 5.91 Å². The van der Waals surface area contributed by atoms with Crippen molar-refractivity contribution in [1.29, 1.82) is 0 Å². The van der Waals surface area contributed by atoms with Crippen LogP contribution in [0.3, 0.4) is 0 Å². The molecule has 0 saturated carbocycles. The summed E-state index contributed by atoms with van der Waals surface area (Å²) in [6, 6.07) is -0.897. The van der Waals surface area contributed by atoms with Crippen molar-refractivity contribution >= 4 is 19.7 Å². The van der Waals surface area contributed by atoms with Gasteiger partial charge in [0, 0.05) is 12.8 Å². The number of carbonyl (C=O) groups is 2. The highest BCUT2D eigenvalue weighted by atomic mass is 31.2. The Morgan fingerprint density at radius 3 is 1.23 bits per heavy atom. The van der Waals surface area contributed by atoms with Crippen molar-refractivity contribution in [2.24, 2.45) is 0 Å². The number of hydrogen-bond acceptors (Lipinski definition) is 7. The molecule has 0 aromatic heterocycles. The fourth-order valence-corrected chi connectivity index (χ4v) is 9.60. The number of unbranched alkanes of at least 4 members (excludes halogenated alkanes) is 27. The van der Waals surface area contributed by atoms with Gasteiger partial charge in [-0.25, -0.2) is 0 Å². The average molecular weight is 1110 g/mol. The lowest BCUT2D eigenvalue weighted by molar-refractivity contribution is -0.870. The summed E-state index contributed by atoms with van der Waals surface area (Å²) in [4.78, 5) is 40.0. The van der Waals surface area contributed by atoms with Crippen molar-refractivity contribution in [2.75, 3.05) is 40.9 Å². The molecule has 0 bridgehead atoms. The van der Waals surface area contributed by atoms with Gasteiger partial charge < -0.3 is 28.5 Å². The van der Waals surface area contributed by atoms with Crippen molar-refractivity contribution in [3.8, 4) is 0 Å². The minimum Gasteiger partial charge on any atom is -0.756 e. The summed E-state index contributed by atoms with van der Waals surface area (Å²) in [6.45, 7) is 6.61. The van der Waals surface area contributed by atoms with Crippen LogP contribution in [0.5, 0.6) is 0 Å². The van der Waals surface area contributed by atoms with Gasteiger partial charge in [-0.1, -0.05) is 253 Å². The van der Waals surface area contributed by atoms with E-state index in [0.29, 0.717) is 17.4 Å². The van der Waals surface area contributed by atoms with E-state index in [4.69, 9.17) is 13.8 Å². The van der Waals surface area contributed by atoms with E-state index in [-0.39, 0.29) is 24.9 Å². The van der Waals surface area contributed by atoms with Gasteiger partial charge in [0.25, 0.3) is 7.82 Å². The molecule has 0 aromatic carbocycles. The fraction of sp³-hybridized carbons (Fsp3) is 0.735. The molecule has 3 unspecified atom stereocenters. The van der Waals surface area contributed by atoms with Crippen molar-refractivity contribution in [1.82, 2.24) is 5.32 Å². The van der Waals surface area contributed by atoms with E-state index >= 15 is 0 Å². The standard InChI is InChI=1S/C68H121N2O7P/c1-7-10-13-16-19-22-25-27-29-30-31-32-33-34-35-36-37-38-39-40-41-42-45-48-51-54-57-60-67(71)69-65(64-76-78(73,74)75-63-62-70(4,5)6)66(59-56-53-50-47-44-24-21-18-15-12-9-3)77-68(72)61-58-55-52-49-46-43-28-26-23-20-17-14-11-8-2/h10-11,13-14,19-20,22-23,27,29,31-32,34-35,56,59,65-66H,7-9,12,15-18,21,24-26,28,30,33,36-55,57-58,60-64H2,1-6H3,(H-,69,71,73,74)/b13-10-,14-11+,22-19-,23-20+,29-27-,32-31-,35-34-,59-56-. The Morgan fingerprint density at radius 2 is 0.821 bits per heavy atom. The zero-order valence-corrected chi connectivity index (χ0v) is 52.2. The zero-order valence-electron chi connectivity index (χ0n) is 51.3. The molecule has 0 aliphatic rings. The molecule has 450 valence electrons. The number of amides is 1. The summed E-state index contributed by atoms with van der Waals surface area (Å²) in [6.07, 6.45) is 76.7. The van der Waals surface area contributed by atoms with Gasteiger partial charge in [-0.15, -0.1) is 0 Å². The largest absolute Gasteiger partial charge is 0.756 e. The highest BCUT2D eigenvalue weighted by Gasteiger charge is 2.27. The number of rotatable bonds is 57. The lowest BCUT2D eigenvalue weighted by Gasteiger charge is -2.30. The number of quaternary nitrogens is 1. The number of phosphoric acid groups is 1. The van der Waals surface area contributed by atoms with Gasteiger partial charge in [0.1, 0.15) is 19.3 Å². The monoisotopic (exact) mass is 1110 g/mol. The van der Waals surface area contributed by atoms with Crippen molar-refractivity contribution in [3.05, 3.63) is 97.2 Å². The molecule has 10 heteroatoms. The highest BCUT2D eigenvalue weighted by molar-refractivity contribution is 7.45. The Balaban J connectivity index is 5.06. The minimum atomic E-state index is -4.70. The van der Waals surface area contributed by atoms with E-state index in [1.165, 1.54) is 109 Å². The average Bonchev–Trinajstić information content (AvgIpc) is 3.41. The third kappa shape index (κ3) is 57.6. The first-order chi connectivity index (χ1) is 37.9. The normalized spacial score (nSPS) is 14.3. The van der Waals surface area contributed by atoms with Crippen LogP contribution in [0.25, 0.3) is 0 Å². The number of esters is 1. The van der Waals surface area contributed by atoms with Crippen LogP contribution in [-0.4, -0.2) is 69.4 Å². The summed E-state index contributed by atoms with van der Waals surface area (Å²) >= 11 is 0. The van der Waals surface area contributed by atoms with Gasteiger partial charge in [0.15, 0.2) is 0 Å². The van der Waals surface area contributed by atoms with Crippen LogP contribution < -0.4 is 10.2 Å². The van der Waals surface area contributed by atoms with E-state index in [1.54, 1.807) is 0 Å². The number of phosphoric ester groups is 1. The summed E-state index contributed by atoms with van der Waals surface area (Å²) in [5.41, 5.74) is 0. The van der Waals surface area contributed by atoms with E-state index in [2.05, 4.69) is 111 Å². The number of nitrogens with zero attached hydrogens (tertiary/aromatic N) is 1. The first-order valence-electron chi connectivity index (χ1n) is 32.0. The molecule has 0 heterocycles. The van der Waals surface area contributed by atoms with E-state index in [1.807, 2.05) is 33.3 Å². The number of carbonyl (C=O) groups excluding carboxylic acids is 2. The Bertz CT molecular complexity index is 1660. The molecule has 9 nitrogen and oxygen atoms in total. The maximum atomic E-state index is 13.5. The predicted octanol–water partition coefficient (Wildman–Crippen LogP) is 19.3. The maximum absolute atomic E-state index is 13.5. The van der Waals surface area contributed by atoms with Crippen LogP contribution in [0.4, 0.5) is 0 Å². The third-order valence-corrected chi connectivity index (χ3v) is 14.7. The molecular formula is C68H121N2O7P. The number of hydrogen-bond donors (Lipinski definition) is 1. The predicted molar refractivity (Wildman–Crippen MR) is 334 cm³/mol. The molecule has 3 atom stereocenters. The smallest absolute Gasteiger partial charge is 0.306 e. The Morgan fingerprint density at radius 1 is 0.462 bits per heavy atom. The van der Waals surface area contributed by atoms with Crippen molar-refractivity contribution in [2.45, 2.75) is 283 Å². The Kier molecular flexibility index (Phi) is 54.9. The van der Waals surface area contributed by atoms with Crippen LogP contribution in [0.2, 0.25) is 0 Å². The number of allylic oxidation sites excluding steroid dienone is 15. The van der Waals surface area contributed by atoms with Crippen LogP contribution in [0.1, 0.15) is 271 Å². The molecule has 0 radical (unpaired) electrons. The van der Waals surface area contributed by atoms with Crippen LogP contribution in [-0.2, 0) is 27.9 Å². The second kappa shape index (κ2) is 57.2. The van der Waals surface area contributed by atoms with E-state index < -0.39 is 26.6 Å². The van der Waals surface area contributed by atoms with Gasteiger partial charge in [-0.3, -0.25) is 14.2 Å². The Labute approximate surface area is 481 Å². The second-order valence-electron chi connectivity index (χ2n) is 22.5. The minimum absolute atomic E-state index is 0.0279. The molecule has 0 rings (SSSR count). The summed E-state index contributed by atoms with van der Waals surface area (Å²) in [5.74, 6) is -0.556. The molecule has 0 spiro atoms. The quantitative estimate of drug-likeness (QED) is 0.0212. The fourth-order valence-electron chi connectivity index (χ4n) is 8.88. The lowest BCUT2D eigenvalue weighted by atomic mass is 10.0. The van der Waals surface area contributed by atoms with E-state index in [0.717, 1.165) is 128 Å².